The molecule has 29 heavy (non-hydrogen) atoms. The molecular weight excluding hydrogens is 386 g/mol. The number of benzene rings is 1. The molecule has 2 aromatic rings. The Morgan fingerprint density at radius 2 is 2.07 bits per heavy atom. The maximum absolute atomic E-state index is 12.9. The summed E-state index contributed by atoms with van der Waals surface area (Å²) in [5.74, 6) is -0.393. The highest BCUT2D eigenvalue weighted by molar-refractivity contribution is 7.10. The van der Waals surface area contributed by atoms with Crippen molar-refractivity contribution in [3.05, 3.63) is 69.6 Å². The molecular formula is C22H25N3O3S. The molecule has 4 rings (SSSR count). The molecule has 2 N–H and O–H groups in total. The van der Waals surface area contributed by atoms with Crippen LogP contribution >= 0.6 is 11.3 Å². The van der Waals surface area contributed by atoms with Crippen molar-refractivity contribution >= 4 is 23.3 Å². The summed E-state index contributed by atoms with van der Waals surface area (Å²) in [7, 11) is 0. The summed E-state index contributed by atoms with van der Waals surface area (Å²) >= 11 is 1.75. The largest absolute Gasteiger partial charge is 0.463 e. The Kier molecular flexibility index (Phi) is 5.97. The van der Waals surface area contributed by atoms with Crippen molar-refractivity contribution in [2.45, 2.75) is 31.8 Å². The third kappa shape index (κ3) is 4.21. The Morgan fingerprint density at radius 3 is 2.79 bits per heavy atom. The van der Waals surface area contributed by atoms with Gasteiger partial charge in [-0.05, 0) is 43.3 Å². The minimum atomic E-state index is -0.526. The molecule has 0 spiro atoms. The lowest BCUT2D eigenvalue weighted by Gasteiger charge is -2.32. The lowest BCUT2D eigenvalue weighted by Crippen LogP contribution is -2.48. The second kappa shape index (κ2) is 8.80. The molecule has 1 fully saturated rings. The second-order valence-corrected chi connectivity index (χ2v) is 8.18. The van der Waals surface area contributed by atoms with Gasteiger partial charge in [0.1, 0.15) is 0 Å². The molecule has 0 saturated carbocycles. The normalized spacial score (nSPS) is 22.3. The van der Waals surface area contributed by atoms with Gasteiger partial charge in [-0.15, -0.1) is 11.3 Å². The number of urea groups is 1. The fourth-order valence-corrected chi connectivity index (χ4v) is 5.01. The SMILES string of the molecule is CCOC(=O)C1=C(CN2CCCC2c2cccs2)NC(=O)NC1c1ccccc1. The molecule has 2 aliphatic heterocycles. The van der Waals surface area contributed by atoms with E-state index in [0.717, 1.165) is 24.9 Å². The van der Waals surface area contributed by atoms with Gasteiger partial charge in [0.05, 0.1) is 18.2 Å². The van der Waals surface area contributed by atoms with Crippen LogP contribution in [0.25, 0.3) is 0 Å². The van der Waals surface area contributed by atoms with Gasteiger partial charge >= 0.3 is 12.0 Å². The molecule has 0 radical (unpaired) electrons. The van der Waals surface area contributed by atoms with Gasteiger partial charge < -0.3 is 15.4 Å². The van der Waals surface area contributed by atoms with Crippen LogP contribution in [0.4, 0.5) is 4.79 Å². The summed E-state index contributed by atoms with van der Waals surface area (Å²) in [6.07, 6.45) is 2.18. The number of rotatable bonds is 6. The highest BCUT2D eigenvalue weighted by Gasteiger charge is 2.36. The zero-order chi connectivity index (χ0) is 20.2. The summed E-state index contributed by atoms with van der Waals surface area (Å²) < 4.78 is 5.36. The minimum absolute atomic E-state index is 0.284. The minimum Gasteiger partial charge on any atom is -0.463 e. The molecule has 1 aromatic heterocycles. The molecule has 1 aromatic carbocycles. The lowest BCUT2D eigenvalue weighted by molar-refractivity contribution is -0.139. The quantitative estimate of drug-likeness (QED) is 0.710. The topological polar surface area (TPSA) is 70.7 Å². The number of hydrogen-bond acceptors (Lipinski definition) is 5. The number of esters is 1. The van der Waals surface area contributed by atoms with Gasteiger partial charge in [-0.1, -0.05) is 36.4 Å². The predicted octanol–water partition coefficient (Wildman–Crippen LogP) is 3.76. The van der Waals surface area contributed by atoms with E-state index in [4.69, 9.17) is 4.74 Å². The van der Waals surface area contributed by atoms with Gasteiger partial charge in [0.15, 0.2) is 0 Å². The first-order valence-electron chi connectivity index (χ1n) is 9.97. The van der Waals surface area contributed by atoms with E-state index in [2.05, 4.69) is 33.0 Å². The number of carbonyl (C=O) groups is 2. The maximum Gasteiger partial charge on any atom is 0.338 e. The smallest absolute Gasteiger partial charge is 0.338 e. The standard InChI is InChI=1S/C22H25N3O3S/c1-2-28-21(26)19-16(14-25-12-6-10-17(25)18-11-7-13-29-18)23-22(27)24-20(19)15-8-4-3-5-9-15/h3-5,7-9,11,13,17,20H,2,6,10,12,14H2,1H3,(H2,23,24,27). The van der Waals surface area contributed by atoms with Gasteiger partial charge in [0.2, 0.25) is 0 Å². The van der Waals surface area contributed by atoms with Crippen LogP contribution in [-0.2, 0) is 9.53 Å². The van der Waals surface area contributed by atoms with Crippen LogP contribution in [0.2, 0.25) is 0 Å². The van der Waals surface area contributed by atoms with E-state index in [1.807, 2.05) is 30.3 Å². The lowest BCUT2D eigenvalue weighted by atomic mass is 9.95. The maximum atomic E-state index is 12.9. The highest BCUT2D eigenvalue weighted by Crippen LogP contribution is 2.36. The molecule has 1 saturated heterocycles. The van der Waals surface area contributed by atoms with Crippen LogP contribution in [0, 0.1) is 0 Å². The van der Waals surface area contributed by atoms with Crippen molar-refractivity contribution in [2.24, 2.45) is 0 Å². The van der Waals surface area contributed by atoms with Crippen molar-refractivity contribution in [3.63, 3.8) is 0 Å². The second-order valence-electron chi connectivity index (χ2n) is 7.20. The monoisotopic (exact) mass is 411 g/mol. The first-order valence-corrected chi connectivity index (χ1v) is 10.9. The number of ether oxygens (including phenoxy) is 1. The predicted molar refractivity (Wildman–Crippen MR) is 112 cm³/mol. The van der Waals surface area contributed by atoms with Crippen molar-refractivity contribution in [2.75, 3.05) is 19.7 Å². The Labute approximate surface area is 174 Å². The van der Waals surface area contributed by atoms with Crippen LogP contribution in [0.3, 0.4) is 0 Å². The molecule has 0 aliphatic carbocycles. The molecule has 2 aliphatic rings. The number of nitrogens with zero attached hydrogens (tertiary/aromatic N) is 1. The molecule has 2 amide bonds. The van der Waals surface area contributed by atoms with Crippen LogP contribution in [-0.4, -0.2) is 36.6 Å². The van der Waals surface area contributed by atoms with Gasteiger partial charge in [0.25, 0.3) is 0 Å². The highest BCUT2D eigenvalue weighted by atomic mass is 32.1. The zero-order valence-corrected chi connectivity index (χ0v) is 17.2. The van der Waals surface area contributed by atoms with Gasteiger partial charge in [-0.2, -0.15) is 0 Å². The van der Waals surface area contributed by atoms with Crippen LogP contribution in [0.5, 0.6) is 0 Å². The fourth-order valence-electron chi connectivity index (χ4n) is 4.11. The Bertz CT molecular complexity index is 895. The first-order chi connectivity index (χ1) is 14.2. The fraction of sp³-hybridized carbons (Fsp3) is 0.364. The summed E-state index contributed by atoms with van der Waals surface area (Å²) in [6.45, 7) is 3.51. The number of thiophene rings is 1. The number of amides is 2. The number of nitrogens with one attached hydrogen (secondary N) is 2. The summed E-state index contributed by atoms with van der Waals surface area (Å²) in [5.41, 5.74) is 1.97. The van der Waals surface area contributed by atoms with Gasteiger partial charge in [0, 0.05) is 23.2 Å². The number of likely N-dealkylation sites (tertiary alicyclic amines) is 1. The zero-order valence-electron chi connectivity index (χ0n) is 16.4. The number of carbonyl (C=O) groups excluding carboxylic acids is 2. The molecule has 152 valence electrons. The molecule has 6 nitrogen and oxygen atoms in total. The Morgan fingerprint density at radius 1 is 1.24 bits per heavy atom. The average molecular weight is 412 g/mol. The van der Waals surface area contributed by atoms with Gasteiger partial charge in [-0.3, -0.25) is 4.90 Å². The number of hydrogen-bond donors (Lipinski definition) is 2. The third-order valence-electron chi connectivity index (χ3n) is 5.38. The van der Waals surface area contributed by atoms with E-state index in [0.29, 0.717) is 23.9 Å². The van der Waals surface area contributed by atoms with Crippen LogP contribution < -0.4 is 10.6 Å². The Balaban J connectivity index is 1.69. The van der Waals surface area contributed by atoms with E-state index in [9.17, 15) is 9.59 Å². The molecule has 3 heterocycles. The van der Waals surface area contributed by atoms with Crippen molar-refractivity contribution in [1.29, 1.82) is 0 Å². The van der Waals surface area contributed by atoms with E-state index < -0.39 is 12.0 Å². The van der Waals surface area contributed by atoms with E-state index >= 15 is 0 Å². The molecule has 0 bridgehead atoms. The first kappa shape index (κ1) is 19.7. The van der Waals surface area contributed by atoms with Crippen molar-refractivity contribution in [1.82, 2.24) is 15.5 Å². The van der Waals surface area contributed by atoms with E-state index in [-0.39, 0.29) is 12.6 Å². The summed E-state index contributed by atoms with van der Waals surface area (Å²) in [4.78, 5) is 29.0. The third-order valence-corrected chi connectivity index (χ3v) is 6.35. The summed E-state index contributed by atoms with van der Waals surface area (Å²) in [6, 6.07) is 13.3. The molecule has 2 atom stereocenters. The van der Waals surface area contributed by atoms with Crippen molar-refractivity contribution < 1.29 is 14.3 Å². The van der Waals surface area contributed by atoms with Crippen molar-refractivity contribution in [3.8, 4) is 0 Å². The van der Waals surface area contributed by atoms with Crippen LogP contribution in [0.1, 0.15) is 42.3 Å². The van der Waals surface area contributed by atoms with E-state index in [1.165, 1.54) is 4.88 Å². The molecule has 7 heteroatoms. The molecule has 2 unspecified atom stereocenters. The van der Waals surface area contributed by atoms with E-state index in [1.54, 1.807) is 18.3 Å². The van der Waals surface area contributed by atoms with Crippen LogP contribution in [0.15, 0.2) is 59.1 Å². The van der Waals surface area contributed by atoms with Gasteiger partial charge in [-0.25, -0.2) is 9.59 Å². The average Bonchev–Trinajstić information content (AvgIpc) is 3.40. The summed E-state index contributed by atoms with van der Waals surface area (Å²) in [5, 5.41) is 7.87. The Hall–Kier alpha value is -2.64.